The van der Waals surface area contributed by atoms with Gasteiger partial charge in [-0.15, -0.1) is 0 Å². The second-order valence-electron chi connectivity index (χ2n) is 6.66. The zero-order valence-corrected chi connectivity index (χ0v) is 15.2. The van der Waals surface area contributed by atoms with E-state index in [4.69, 9.17) is 0 Å². The maximum Gasteiger partial charge on any atom is 0.231 e. The number of hydrogen-bond donors (Lipinski definition) is 1. The lowest BCUT2D eigenvalue weighted by molar-refractivity contribution is -0.125. The number of benzene rings is 2. The second-order valence-corrected chi connectivity index (χ2v) is 6.66. The van der Waals surface area contributed by atoms with Crippen LogP contribution in [0.5, 0.6) is 0 Å². The van der Waals surface area contributed by atoms with Gasteiger partial charge in [-0.2, -0.15) is 0 Å². The third-order valence-corrected chi connectivity index (χ3v) is 4.48. The van der Waals surface area contributed by atoms with E-state index in [9.17, 15) is 9.59 Å². The van der Waals surface area contributed by atoms with Crippen LogP contribution in [0.1, 0.15) is 64.7 Å². The van der Waals surface area contributed by atoms with E-state index in [2.05, 4.69) is 12.2 Å². The van der Waals surface area contributed by atoms with E-state index in [1.54, 1.807) is 0 Å². The van der Waals surface area contributed by atoms with Crippen molar-refractivity contribution in [3.8, 4) is 0 Å². The standard InChI is InChI=1S/C22H29NO2/c1-2-3-4-5-6-7-8-14-19(24)17-22(25)23-21-16-11-13-18-12-9-10-15-20(18)21/h9-13,15-16H,2-8,14,17H2,1H3,(H,23,25). The summed E-state index contributed by atoms with van der Waals surface area (Å²) in [7, 11) is 0. The molecule has 1 N–H and O–H groups in total. The molecule has 0 spiro atoms. The molecule has 2 aromatic carbocycles. The second kappa shape index (κ2) is 10.7. The molecule has 0 aliphatic carbocycles. The van der Waals surface area contributed by atoms with Crippen molar-refractivity contribution in [3.05, 3.63) is 42.5 Å². The first kappa shape index (κ1) is 19.2. The molecule has 0 aliphatic rings. The van der Waals surface area contributed by atoms with Crippen LogP contribution in [-0.2, 0) is 9.59 Å². The van der Waals surface area contributed by atoms with E-state index in [1.165, 1.54) is 32.1 Å². The number of hydrogen-bond acceptors (Lipinski definition) is 2. The molecular weight excluding hydrogens is 310 g/mol. The van der Waals surface area contributed by atoms with Crippen LogP contribution in [0.15, 0.2) is 42.5 Å². The number of ketones is 1. The van der Waals surface area contributed by atoms with E-state index in [0.29, 0.717) is 6.42 Å². The van der Waals surface area contributed by atoms with Crippen LogP contribution in [0.2, 0.25) is 0 Å². The fourth-order valence-electron chi connectivity index (χ4n) is 3.08. The monoisotopic (exact) mass is 339 g/mol. The van der Waals surface area contributed by atoms with Crippen molar-refractivity contribution >= 4 is 28.2 Å². The molecule has 0 saturated carbocycles. The summed E-state index contributed by atoms with van der Waals surface area (Å²) in [5.41, 5.74) is 0.770. The van der Waals surface area contributed by atoms with Gasteiger partial charge < -0.3 is 5.32 Å². The van der Waals surface area contributed by atoms with Crippen LogP contribution in [0.25, 0.3) is 10.8 Å². The molecule has 134 valence electrons. The molecule has 3 nitrogen and oxygen atoms in total. The number of anilines is 1. The Labute approximate surface area is 150 Å². The number of Topliss-reactive ketones (excluding diaryl/α,β-unsaturated/α-hetero) is 1. The average Bonchev–Trinajstić information content (AvgIpc) is 2.61. The summed E-state index contributed by atoms with van der Waals surface area (Å²) in [4.78, 5) is 24.1. The number of rotatable bonds is 11. The van der Waals surface area contributed by atoms with Crippen LogP contribution in [0.4, 0.5) is 5.69 Å². The molecule has 0 aromatic heterocycles. The fraction of sp³-hybridized carbons (Fsp3) is 0.455. The molecule has 0 unspecified atom stereocenters. The van der Waals surface area contributed by atoms with Gasteiger partial charge in [-0.25, -0.2) is 0 Å². The number of carbonyl (C=O) groups excluding carboxylic acids is 2. The van der Waals surface area contributed by atoms with Crippen molar-refractivity contribution in [2.75, 3.05) is 5.32 Å². The molecule has 0 radical (unpaired) electrons. The number of unbranched alkanes of at least 4 members (excludes halogenated alkanes) is 6. The van der Waals surface area contributed by atoms with Gasteiger partial charge >= 0.3 is 0 Å². The Hall–Kier alpha value is -2.16. The molecule has 3 heteroatoms. The summed E-state index contributed by atoms with van der Waals surface area (Å²) in [6, 6.07) is 13.7. The molecular formula is C22H29NO2. The van der Waals surface area contributed by atoms with Crippen LogP contribution in [-0.4, -0.2) is 11.7 Å². The third kappa shape index (κ3) is 6.69. The Bertz CT molecular complexity index is 688. The smallest absolute Gasteiger partial charge is 0.231 e. The molecule has 0 atom stereocenters. The molecule has 2 aromatic rings. The van der Waals surface area contributed by atoms with Crippen molar-refractivity contribution in [1.82, 2.24) is 0 Å². The lowest BCUT2D eigenvalue weighted by atomic mass is 10.1. The number of carbonyl (C=O) groups is 2. The van der Waals surface area contributed by atoms with Crippen molar-refractivity contribution in [2.24, 2.45) is 0 Å². The van der Waals surface area contributed by atoms with Crippen molar-refractivity contribution in [2.45, 2.75) is 64.7 Å². The Morgan fingerprint density at radius 3 is 2.32 bits per heavy atom. The van der Waals surface area contributed by atoms with Crippen LogP contribution in [0, 0.1) is 0 Å². The summed E-state index contributed by atoms with van der Waals surface area (Å²) in [6.07, 6.45) is 8.75. The zero-order valence-electron chi connectivity index (χ0n) is 15.2. The number of fused-ring (bicyclic) bond motifs is 1. The van der Waals surface area contributed by atoms with Gasteiger partial charge in [0.2, 0.25) is 5.91 Å². The minimum atomic E-state index is -0.218. The van der Waals surface area contributed by atoms with E-state index in [0.717, 1.165) is 29.3 Å². The highest BCUT2D eigenvalue weighted by Crippen LogP contribution is 2.23. The molecule has 0 saturated heterocycles. The third-order valence-electron chi connectivity index (χ3n) is 4.48. The number of nitrogens with one attached hydrogen (secondary N) is 1. The van der Waals surface area contributed by atoms with E-state index < -0.39 is 0 Å². The van der Waals surface area contributed by atoms with E-state index >= 15 is 0 Å². The quantitative estimate of drug-likeness (QED) is 0.410. The summed E-state index contributed by atoms with van der Waals surface area (Å²) >= 11 is 0. The summed E-state index contributed by atoms with van der Waals surface area (Å²) < 4.78 is 0. The Kier molecular flexibility index (Phi) is 8.17. The summed E-state index contributed by atoms with van der Waals surface area (Å²) in [5, 5.41) is 4.96. The Morgan fingerprint density at radius 2 is 1.52 bits per heavy atom. The van der Waals surface area contributed by atoms with Crippen LogP contribution < -0.4 is 5.32 Å². The highest BCUT2D eigenvalue weighted by Gasteiger charge is 2.11. The molecule has 0 aliphatic heterocycles. The normalized spacial score (nSPS) is 10.8. The lowest BCUT2D eigenvalue weighted by Crippen LogP contribution is -2.16. The topological polar surface area (TPSA) is 46.2 Å². The minimum Gasteiger partial charge on any atom is -0.325 e. The molecule has 0 bridgehead atoms. The first-order valence-electron chi connectivity index (χ1n) is 9.50. The minimum absolute atomic E-state index is 0.0287. The van der Waals surface area contributed by atoms with Gasteiger partial charge in [-0.05, 0) is 17.9 Å². The first-order chi connectivity index (χ1) is 12.2. The van der Waals surface area contributed by atoms with Crippen molar-refractivity contribution in [1.29, 1.82) is 0 Å². The van der Waals surface area contributed by atoms with Crippen molar-refractivity contribution in [3.63, 3.8) is 0 Å². The molecule has 1 amide bonds. The summed E-state index contributed by atoms with van der Waals surface area (Å²) in [6.45, 7) is 2.21. The van der Waals surface area contributed by atoms with E-state index in [1.807, 2.05) is 42.5 Å². The van der Waals surface area contributed by atoms with Gasteiger partial charge in [0.25, 0.3) is 0 Å². The van der Waals surface area contributed by atoms with Gasteiger partial charge in [-0.1, -0.05) is 81.8 Å². The van der Waals surface area contributed by atoms with Gasteiger partial charge in [0.05, 0.1) is 6.42 Å². The van der Waals surface area contributed by atoms with Gasteiger partial charge in [0.15, 0.2) is 0 Å². The van der Waals surface area contributed by atoms with E-state index in [-0.39, 0.29) is 18.1 Å². The highest BCUT2D eigenvalue weighted by atomic mass is 16.2. The van der Waals surface area contributed by atoms with Crippen LogP contribution >= 0.6 is 0 Å². The SMILES string of the molecule is CCCCCCCCCC(=O)CC(=O)Nc1cccc2ccccc12. The first-order valence-corrected chi connectivity index (χ1v) is 9.50. The summed E-state index contributed by atoms with van der Waals surface area (Å²) in [5.74, 6) is -0.185. The number of amides is 1. The molecule has 25 heavy (non-hydrogen) atoms. The van der Waals surface area contributed by atoms with Crippen LogP contribution in [0.3, 0.4) is 0 Å². The largest absolute Gasteiger partial charge is 0.325 e. The predicted octanol–water partition coefficient (Wildman–Crippen LogP) is 5.88. The lowest BCUT2D eigenvalue weighted by Gasteiger charge is -2.08. The van der Waals surface area contributed by atoms with Crippen molar-refractivity contribution < 1.29 is 9.59 Å². The Balaban J connectivity index is 1.71. The van der Waals surface area contributed by atoms with Gasteiger partial charge in [0, 0.05) is 17.5 Å². The maximum absolute atomic E-state index is 12.1. The highest BCUT2D eigenvalue weighted by molar-refractivity contribution is 6.08. The molecule has 0 heterocycles. The zero-order chi connectivity index (χ0) is 17.9. The predicted molar refractivity (Wildman–Crippen MR) is 105 cm³/mol. The molecule has 0 fully saturated rings. The molecule has 2 rings (SSSR count). The average molecular weight is 339 g/mol. The van der Waals surface area contributed by atoms with Gasteiger partial charge in [-0.3, -0.25) is 9.59 Å². The Morgan fingerprint density at radius 1 is 0.840 bits per heavy atom. The van der Waals surface area contributed by atoms with Gasteiger partial charge in [0.1, 0.15) is 5.78 Å². The fourth-order valence-corrected chi connectivity index (χ4v) is 3.08. The maximum atomic E-state index is 12.1.